The minimum Gasteiger partial charge on any atom is -0.447 e. The van der Waals surface area contributed by atoms with Gasteiger partial charge in [0, 0.05) is 5.39 Å². The first-order valence-electron chi connectivity index (χ1n) is 16.1. The number of halogens is 8. The van der Waals surface area contributed by atoms with Crippen LogP contribution in [0.1, 0.15) is 81.6 Å². The van der Waals surface area contributed by atoms with Crippen molar-refractivity contribution in [3.8, 4) is 5.69 Å². The molecule has 0 unspecified atom stereocenters. The second kappa shape index (κ2) is 13.4. The van der Waals surface area contributed by atoms with Crippen molar-refractivity contribution in [2.24, 2.45) is 5.41 Å². The number of rotatable bonds is 10. The maximum atomic E-state index is 14.9. The monoisotopic (exact) mass is 768 g/mol. The van der Waals surface area contributed by atoms with Crippen LogP contribution in [0.25, 0.3) is 16.6 Å². The number of nitrogens with one attached hydrogen (secondary N) is 3. The third kappa shape index (κ3) is 7.20. The van der Waals surface area contributed by atoms with E-state index in [1.54, 1.807) is 6.07 Å². The van der Waals surface area contributed by atoms with Crippen molar-refractivity contribution in [2.45, 2.75) is 76.2 Å². The summed E-state index contributed by atoms with van der Waals surface area (Å²) in [5.41, 5.74) is -4.65. The highest BCUT2D eigenvalue weighted by Crippen LogP contribution is 2.49. The average molecular weight is 769 g/mol. The molecule has 1 aliphatic heterocycles. The van der Waals surface area contributed by atoms with Gasteiger partial charge in [0.15, 0.2) is 11.8 Å². The quantitative estimate of drug-likeness (QED) is 0.140. The van der Waals surface area contributed by atoms with Crippen LogP contribution in [0.15, 0.2) is 54.9 Å². The molecule has 1 saturated carbocycles. The Kier molecular flexibility index (Phi) is 9.58. The van der Waals surface area contributed by atoms with Gasteiger partial charge in [-0.15, -0.1) is 0 Å². The standard InChI is InChI=1S/C34H32ClF7N8O3/c1-31(2,3)15-33(19-6-9-21-17(12-19)5-8-22(46-21)25(36)37)28(51)49(29(43)47-33)24(14-53-30(52)48-32(10-11-32)34(40,41)42)18-4-7-20(35)23(13-18)50-27(26(38)39)44-16-45-50/h4-9,12-13,16,24-26H,10-11,14-15H2,1-3H3,(H2,43,47)(H,48,52)/t24-,33-/m1/s1. The smallest absolute Gasteiger partial charge is 0.411 e. The van der Waals surface area contributed by atoms with Crippen LogP contribution in [0.3, 0.4) is 0 Å². The zero-order valence-electron chi connectivity index (χ0n) is 28.2. The Labute approximate surface area is 302 Å². The summed E-state index contributed by atoms with van der Waals surface area (Å²) in [4.78, 5) is 36.3. The first-order valence-corrected chi connectivity index (χ1v) is 16.5. The van der Waals surface area contributed by atoms with Crippen molar-refractivity contribution in [3.63, 3.8) is 0 Å². The van der Waals surface area contributed by atoms with Gasteiger partial charge in [-0.3, -0.25) is 15.1 Å². The number of fused-ring (bicyclic) bond motifs is 1. The summed E-state index contributed by atoms with van der Waals surface area (Å²) in [5.74, 6) is -1.98. The second-order valence-electron chi connectivity index (χ2n) is 14.1. The number of alkyl carbamates (subject to hydrolysis) is 1. The van der Waals surface area contributed by atoms with Crippen molar-refractivity contribution < 1.29 is 45.1 Å². The number of carbonyl (C=O) groups is 2. The fraction of sp³-hybridized carbons (Fsp3) is 0.412. The number of amides is 2. The van der Waals surface area contributed by atoms with Crippen molar-refractivity contribution in [1.82, 2.24) is 35.3 Å². The lowest BCUT2D eigenvalue weighted by Gasteiger charge is -2.35. The third-order valence-electron chi connectivity index (χ3n) is 9.05. The van der Waals surface area contributed by atoms with Gasteiger partial charge in [-0.1, -0.05) is 50.6 Å². The minimum atomic E-state index is -4.75. The molecule has 2 aromatic heterocycles. The predicted molar refractivity (Wildman–Crippen MR) is 177 cm³/mol. The number of carbonyl (C=O) groups excluding carboxylic acids is 2. The van der Waals surface area contributed by atoms with Gasteiger partial charge in [0.25, 0.3) is 18.8 Å². The van der Waals surface area contributed by atoms with Gasteiger partial charge in [0.2, 0.25) is 0 Å². The largest absolute Gasteiger partial charge is 0.447 e. The molecule has 3 N–H and O–H groups in total. The highest BCUT2D eigenvalue weighted by atomic mass is 35.5. The van der Waals surface area contributed by atoms with Crippen LogP contribution < -0.4 is 10.6 Å². The number of hydrogen-bond donors (Lipinski definition) is 3. The first kappa shape index (κ1) is 37.7. The fourth-order valence-electron chi connectivity index (χ4n) is 6.46. The summed E-state index contributed by atoms with van der Waals surface area (Å²) in [7, 11) is 0. The van der Waals surface area contributed by atoms with E-state index >= 15 is 0 Å². The Bertz CT molecular complexity index is 2080. The van der Waals surface area contributed by atoms with Crippen LogP contribution in [0.5, 0.6) is 0 Å². The van der Waals surface area contributed by atoms with Gasteiger partial charge in [0.05, 0.1) is 22.3 Å². The summed E-state index contributed by atoms with van der Waals surface area (Å²) < 4.78 is 101. The molecule has 2 aliphatic rings. The number of ether oxygens (including phenoxy) is 1. The molecule has 2 atom stereocenters. The molecule has 2 fully saturated rings. The van der Waals surface area contributed by atoms with E-state index in [4.69, 9.17) is 21.7 Å². The molecule has 0 radical (unpaired) electrons. The molecule has 4 aromatic rings. The lowest BCUT2D eigenvalue weighted by molar-refractivity contribution is -0.164. The SMILES string of the molecule is CC(C)(C)C[C@]1(c2ccc3nc(C(F)F)ccc3c2)NC(=N)N([C@H](COC(=O)NC2(C(F)(F)F)CC2)c2ccc(Cl)c(-n3ncnc3C(F)F)c2)C1=O. The van der Waals surface area contributed by atoms with E-state index < -0.39 is 77.6 Å². The molecule has 1 aliphatic carbocycles. The summed E-state index contributed by atoms with van der Waals surface area (Å²) in [6.45, 7) is 4.74. The summed E-state index contributed by atoms with van der Waals surface area (Å²) >= 11 is 6.39. The van der Waals surface area contributed by atoms with Crippen LogP contribution in [0.2, 0.25) is 5.02 Å². The Morgan fingerprint density at radius 1 is 1.06 bits per heavy atom. The van der Waals surface area contributed by atoms with Gasteiger partial charge in [-0.25, -0.2) is 37.0 Å². The van der Waals surface area contributed by atoms with Crippen LogP contribution in [-0.4, -0.2) is 60.9 Å². The molecule has 0 bridgehead atoms. The van der Waals surface area contributed by atoms with E-state index in [2.05, 4.69) is 20.4 Å². The molecule has 0 spiro atoms. The fourth-order valence-corrected chi connectivity index (χ4v) is 6.65. The van der Waals surface area contributed by atoms with Crippen molar-refractivity contribution in [3.05, 3.63) is 82.5 Å². The molecule has 2 amide bonds. The highest BCUT2D eigenvalue weighted by molar-refractivity contribution is 6.32. The van der Waals surface area contributed by atoms with Gasteiger partial charge >= 0.3 is 12.3 Å². The minimum absolute atomic E-state index is 0.0660. The van der Waals surface area contributed by atoms with E-state index in [0.717, 1.165) is 22.0 Å². The summed E-state index contributed by atoms with van der Waals surface area (Å²) in [6, 6.07) is 9.64. The Morgan fingerprint density at radius 3 is 2.40 bits per heavy atom. The first-order chi connectivity index (χ1) is 24.7. The van der Waals surface area contributed by atoms with Gasteiger partial charge in [0.1, 0.15) is 29.7 Å². The number of hydrogen-bond acceptors (Lipinski definition) is 7. The van der Waals surface area contributed by atoms with Crippen LogP contribution in [-0.2, 0) is 15.1 Å². The number of alkyl halides is 7. The van der Waals surface area contributed by atoms with Gasteiger partial charge in [-0.05, 0) is 66.1 Å². The molecule has 11 nitrogen and oxygen atoms in total. The molecule has 282 valence electrons. The topological polar surface area (TPSA) is 138 Å². The molecule has 3 heterocycles. The lowest BCUT2D eigenvalue weighted by atomic mass is 9.75. The second-order valence-corrected chi connectivity index (χ2v) is 14.5. The Morgan fingerprint density at radius 2 is 1.77 bits per heavy atom. The number of guanidine groups is 1. The molecular weight excluding hydrogens is 737 g/mol. The number of nitrogens with zero attached hydrogens (tertiary/aromatic N) is 5. The summed E-state index contributed by atoms with van der Waals surface area (Å²) in [6.07, 6.45) is -11.9. The molecule has 53 heavy (non-hydrogen) atoms. The zero-order valence-corrected chi connectivity index (χ0v) is 29.0. The van der Waals surface area contributed by atoms with E-state index in [0.29, 0.717) is 10.9 Å². The average Bonchev–Trinajstić information content (AvgIpc) is 3.62. The number of benzene rings is 2. The lowest BCUT2D eigenvalue weighted by Crippen LogP contribution is -2.49. The van der Waals surface area contributed by atoms with Crippen molar-refractivity contribution in [1.29, 1.82) is 5.41 Å². The van der Waals surface area contributed by atoms with Crippen LogP contribution >= 0.6 is 11.6 Å². The molecule has 1 saturated heterocycles. The number of pyridine rings is 1. The van der Waals surface area contributed by atoms with Crippen molar-refractivity contribution in [2.75, 3.05) is 6.61 Å². The third-order valence-corrected chi connectivity index (χ3v) is 9.37. The van der Waals surface area contributed by atoms with Gasteiger partial charge in [-0.2, -0.15) is 18.3 Å². The molecule has 2 aromatic carbocycles. The normalized spacial score (nSPS) is 19.2. The van der Waals surface area contributed by atoms with E-state index in [-0.39, 0.29) is 41.1 Å². The highest BCUT2D eigenvalue weighted by Gasteiger charge is 2.64. The van der Waals surface area contributed by atoms with Crippen molar-refractivity contribution >= 4 is 40.5 Å². The van der Waals surface area contributed by atoms with E-state index in [1.807, 2.05) is 26.1 Å². The zero-order chi connectivity index (χ0) is 38.7. The predicted octanol–water partition coefficient (Wildman–Crippen LogP) is 7.90. The maximum absolute atomic E-state index is 14.9. The van der Waals surface area contributed by atoms with Gasteiger partial charge < -0.3 is 15.4 Å². The molecule has 6 rings (SSSR count). The van der Waals surface area contributed by atoms with E-state index in [1.165, 1.54) is 36.4 Å². The Hall–Kier alpha value is -5.00. The van der Waals surface area contributed by atoms with Crippen LogP contribution in [0, 0.1) is 10.8 Å². The van der Waals surface area contributed by atoms with E-state index in [9.17, 15) is 40.3 Å². The summed E-state index contributed by atoms with van der Waals surface area (Å²) in [5, 5.41) is 18.1. The number of aromatic nitrogens is 4. The molecular formula is C34H32ClF7N8O3. The Balaban J connectivity index is 1.43. The van der Waals surface area contributed by atoms with Crippen LogP contribution in [0.4, 0.5) is 35.5 Å². The maximum Gasteiger partial charge on any atom is 0.411 e. The molecule has 19 heteroatoms.